The lowest BCUT2D eigenvalue weighted by Crippen LogP contribution is -2.43. The largest absolute Gasteiger partial charge is 0.468 e. The summed E-state index contributed by atoms with van der Waals surface area (Å²) in [6, 6.07) is 8.98. The lowest BCUT2D eigenvalue weighted by atomic mass is 9.88. The molecule has 4 atom stereocenters. The Balaban J connectivity index is 1.40. The highest BCUT2D eigenvalue weighted by molar-refractivity contribution is 5.77. The van der Waals surface area contributed by atoms with Gasteiger partial charge in [0, 0.05) is 42.8 Å². The number of nitrogens with zero attached hydrogens (tertiary/aromatic N) is 2. The molecule has 1 fully saturated rings. The van der Waals surface area contributed by atoms with Gasteiger partial charge in [0.25, 0.3) is 5.56 Å². The van der Waals surface area contributed by atoms with Crippen LogP contribution >= 0.6 is 0 Å². The number of benzene rings is 1. The highest BCUT2D eigenvalue weighted by Gasteiger charge is 2.56. The normalized spacial score (nSPS) is 26.9. The number of pyridine rings is 1. The molecule has 1 aliphatic carbocycles. The Morgan fingerprint density at radius 3 is 2.80 bits per heavy atom. The molecule has 1 aromatic heterocycles. The van der Waals surface area contributed by atoms with E-state index >= 15 is 0 Å². The number of carbonyl (C=O) groups is 1. The minimum Gasteiger partial charge on any atom is -0.468 e. The Morgan fingerprint density at radius 2 is 2.03 bits per heavy atom. The summed E-state index contributed by atoms with van der Waals surface area (Å²) in [4.78, 5) is 28.6. The smallest absolute Gasteiger partial charge is 0.323 e. The van der Waals surface area contributed by atoms with Crippen LogP contribution in [0.5, 0.6) is 11.5 Å². The maximum absolute atomic E-state index is 13.6. The third kappa shape index (κ3) is 3.58. The van der Waals surface area contributed by atoms with Crippen LogP contribution in [0.3, 0.4) is 0 Å². The van der Waals surface area contributed by atoms with E-state index in [2.05, 4.69) is 11.0 Å². The number of rotatable bonds is 5. The predicted molar refractivity (Wildman–Crippen MR) is 128 cm³/mol. The summed E-state index contributed by atoms with van der Waals surface area (Å²) >= 11 is 0. The summed E-state index contributed by atoms with van der Waals surface area (Å²) in [6.07, 6.45) is 6.41. The Labute approximate surface area is 203 Å². The Bertz CT molecular complexity index is 1250. The molecule has 0 bridgehead atoms. The molecule has 6 rings (SSSR count). The number of carbonyl (C=O) groups excluding carboxylic acids is 1. The molecule has 4 heterocycles. The van der Waals surface area contributed by atoms with Crippen LogP contribution in [0.15, 0.2) is 41.2 Å². The molecule has 2 aromatic rings. The molecule has 3 aliphatic heterocycles. The molecule has 1 N–H and O–H groups in total. The van der Waals surface area contributed by atoms with E-state index in [1.54, 1.807) is 0 Å². The van der Waals surface area contributed by atoms with Crippen molar-refractivity contribution in [3.8, 4) is 11.5 Å². The molecule has 8 heteroatoms. The molecule has 0 unspecified atom stereocenters. The van der Waals surface area contributed by atoms with Crippen molar-refractivity contribution in [1.82, 2.24) is 9.47 Å². The summed E-state index contributed by atoms with van der Waals surface area (Å²) in [5, 5.41) is 10.4. The number of likely N-dealkylation sites (tertiary alicyclic amines) is 1. The molecule has 8 nitrogen and oxygen atoms in total. The number of hydrogen-bond acceptors (Lipinski definition) is 7. The van der Waals surface area contributed by atoms with Crippen molar-refractivity contribution < 1.29 is 24.1 Å². The fourth-order valence-electron chi connectivity index (χ4n) is 6.45. The summed E-state index contributed by atoms with van der Waals surface area (Å²) < 4.78 is 18.0. The first-order valence-electron chi connectivity index (χ1n) is 12.4. The molecule has 1 saturated heterocycles. The third-order valence-corrected chi connectivity index (χ3v) is 8.07. The monoisotopic (exact) mass is 478 g/mol. The van der Waals surface area contributed by atoms with E-state index in [9.17, 15) is 14.7 Å². The van der Waals surface area contributed by atoms with Gasteiger partial charge < -0.3 is 23.9 Å². The van der Waals surface area contributed by atoms with Crippen LogP contribution in [-0.2, 0) is 22.6 Å². The van der Waals surface area contributed by atoms with Crippen LogP contribution in [0.2, 0.25) is 0 Å². The topological polar surface area (TPSA) is 90.2 Å². The molecular weight excluding hydrogens is 448 g/mol. The highest BCUT2D eigenvalue weighted by atomic mass is 16.7. The van der Waals surface area contributed by atoms with Crippen LogP contribution in [0.25, 0.3) is 5.57 Å². The number of ether oxygens (including phenoxy) is 3. The number of fused-ring (bicyclic) bond motifs is 4. The second-order valence-electron chi connectivity index (χ2n) is 9.85. The van der Waals surface area contributed by atoms with Gasteiger partial charge in [-0.3, -0.25) is 14.5 Å². The number of aromatic nitrogens is 1. The molecule has 0 spiro atoms. The molecule has 0 radical (unpaired) electrons. The van der Waals surface area contributed by atoms with Gasteiger partial charge in [0.15, 0.2) is 11.5 Å². The summed E-state index contributed by atoms with van der Waals surface area (Å²) in [6.45, 7) is 0.977. The van der Waals surface area contributed by atoms with Crippen molar-refractivity contribution >= 4 is 11.5 Å². The fraction of sp³-hybridized carbons (Fsp3) is 0.481. The molecule has 4 aliphatic rings. The van der Waals surface area contributed by atoms with E-state index in [0.29, 0.717) is 24.6 Å². The first kappa shape index (κ1) is 22.4. The number of allylic oxidation sites excluding steroid dienone is 2. The summed E-state index contributed by atoms with van der Waals surface area (Å²) in [7, 11) is 1.38. The van der Waals surface area contributed by atoms with Gasteiger partial charge in [-0.2, -0.15) is 0 Å². The molecule has 0 amide bonds. The van der Waals surface area contributed by atoms with Gasteiger partial charge >= 0.3 is 5.97 Å². The van der Waals surface area contributed by atoms with E-state index in [1.165, 1.54) is 13.5 Å². The van der Waals surface area contributed by atoms with Crippen molar-refractivity contribution in [3.05, 3.63) is 63.6 Å². The van der Waals surface area contributed by atoms with Gasteiger partial charge in [0.05, 0.1) is 13.2 Å². The van der Waals surface area contributed by atoms with Crippen molar-refractivity contribution in [2.75, 3.05) is 20.5 Å². The predicted octanol–water partition coefficient (Wildman–Crippen LogP) is 2.87. The van der Waals surface area contributed by atoms with Crippen LogP contribution in [0, 0.1) is 11.8 Å². The number of esters is 1. The van der Waals surface area contributed by atoms with Crippen LogP contribution in [0.1, 0.15) is 48.5 Å². The zero-order chi connectivity index (χ0) is 24.1. The highest BCUT2D eigenvalue weighted by Crippen LogP contribution is 2.50. The van der Waals surface area contributed by atoms with Crippen molar-refractivity contribution in [3.63, 3.8) is 0 Å². The van der Waals surface area contributed by atoms with E-state index in [-0.39, 0.29) is 42.8 Å². The minimum absolute atomic E-state index is 0.0272. The molecule has 1 aromatic carbocycles. The van der Waals surface area contributed by atoms with Crippen molar-refractivity contribution in [1.29, 1.82) is 0 Å². The van der Waals surface area contributed by atoms with E-state index < -0.39 is 6.04 Å². The second-order valence-corrected chi connectivity index (χ2v) is 9.85. The van der Waals surface area contributed by atoms with Gasteiger partial charge in [0.1, 0.15) is 6.04 Å². The van der Waals surface area contributed by atoms with Crippen molar-refractivity contribution in [2.45, 2.75) is 50.9 Å². The van der Waals surface area contributed by atoms with Crippen LogP contribution in [0.4, 0.5) is 0 Å². The maximum atomic E-state index is 13.6. The number of aliphatic hydroxyl groups is 1. The van der Waals surface area contributed by atoms with Gasteiger partial charge in [-0.05, 0) is 61.1 Å². The average Bonchev–Trinajstić information content (AvgIpc) is 3.58. The van der Waals surface area contributed by atoms with E-state index in [4.69, 9.17) is 14.2 Å². The van der Waals surface area contributed by atoms with Gasteiger partial charge in [-0.15, -0.1) is 0 Å². The SMILES string of the molecule is COC(=O)[C@@H]1[C@@H](CO)[C@@H]2Cn3c(ccc(C4=CCCCC4)c3=O)[C@@H]2N1Cc1ccc2c(c1)OCO2. The quantitative estimate of drug-likeness (QED) is 0.661. The number of methoxy groups -OCH3 is 1. The standard InChI is InChI=1S/C27H30N2O6/c1-33-27(32)25-20(14-30)19-13-28-21(9-8-18(26(28)31)17-5-3-2-4-6-17)24(19)29(25)12-16-7-10-22-23(11-16)35-15-34-22/h5,7-11,19-20,24-25,30H,2-4,6,12-15H2,1H3/t19-,20-,24+,25-/m0/s1. The molecule has 184 valence electrons. The Morgan fingerprint density at radius 1 is 1.17 bits per heavy atom. The Hall–Kier alpha value is -3.10. The van der Waals surface area contributed by atoms with Gasteiger partial charge in [-0.1, -0.05) is 12.1 Å². The zero-order valence-electron chi connectivity index (χ0n) is 19.8. The second kappa shape index (κ2) is 8.84. The van der Waals surface area contributed by atoms with E-state index in [0.717, 1.165) is 41.7 Å². The van der Waals surface area contributed by atoms with Crippen LogP contribution in [-0.4, -0.2) is 47.1 Å². The fourth-order valence-corrected chi connectivity index (χ4v) is 6.45. The maximum Gasteiger partial charge on any atom is 0.323 e. The van der Waals surface area contributed by atoms with Gasteiger partial charge in [-0.25, -0.2) is 0 Å². The molecule has 35 heavy (non-hydrogen) atoms. The van der Waals surface area contributed by atoms with Gasteiger partial charge in [0.2, 0.25) is 6.79 Å². The van der Waals surface area contributed by atoms with E-state index in [1.807, 2.05) is 34.9 Å². The summed E-state index contributed by atoms with van der Waals surface area (Å²) in [5.41, 5.74) is 3.80. The van der Waals surface area contributed by atoms with Crippen LogP contribution < -0.4 is 15.0 Å². The Kier molecular flexibility index (Phi) is 5.65. The minimum atomic E-state index is -0.602. The summed E-state index contributed by atoms with van der Waals surface area (Å²) in [5.74, 6) is 0.615. The number of hydrogen-bond donors (Lipinski definition) is 1. The first-order chi connectivity index (χ1) is 17.1. The molecular formula is C27H30N2O6. The zero-order valence-corrected chi connectivity index (χ0v) is 19.8. The number of aliphatic hydroxyl groups excluding tert-OH is 1. The van der Waals surface area contributed by atoms with Crippen molar-refractivity contribution in [2.24, 2.45) is 11.8 Å². The molecule has 0 saturated carbocycles. The first-order valence-corrected chi connectivity index (χ1v) is 12.4. The average molecular weight is 479 g/mol. The lowest BCUT2D eigenvalue weighted by Gasteiger charge is -2.30. The third-order valence-electron chi connectivity index (χ3n) is 8.07. The lowest BCUT2D eigenvalue weighted by molar-refractivity contribution is -0.148.